The average molecular weight is 179 g/mol. The SMILES string of the molecule is C/C=C\C(=C\N=C(C)C)N=C(C)N. The molecule has 0 rings (SSSR count). The first kappa shape index (κ1) is 11.6. The number of allylic oxidation sites excluding steroid dienone is 2. The molecule has 0 heterocycles. The first-order valence-electron chi connectivity index (χ1n) is 4.21. The Morgan fingerprint density at radius 3 is 2.23 bits per heavy atom. The highest BCUT2D eigenvalue weighted by Gasteiger charge is 1.87. The second-order valence-electron chi connectivity index (χ2n) is 2.88. The lowest BCUT2D eigenvalue weighted by atomic mass is 10.4. The van der Waals surface area contributed by atoms with E-state index in [9.17, 15) is 0 Å². The van der Waals surface area contributed by atoms with E-state index >= 15 is 0 Å². The van der Waals surface area contributed by atoms with Gasteiger partial charge >= 0.3 is 0 Å². The zero-order valence-electron chi connectivity index (χ0n) is 8.70. The van der Waals surface area contributed by atoms with Crippen LogP contribution in [0.5, 0.6) is 0 Å². The molecule has 0 spiro atoms. The Balaban J connectivity index is 4.71. The topological polar surface area (TPSA) is 50.7 Å². The molecule has 0 aromatic heterocycles. The summed E-state index contributed by atoms with van der Waals surface area (Å²) >= 11 is 0. The number of hydrogen-bond donors (Lipinski definition) is 1. The Labute approximate surface area is 79.8 Å². The van der Waals surface area contributed by atoms with Gasteiger partial charge in [0, 0.05) is 5.71 Å². The minimum Gasteiger partial charge on any atom is -0.387 e. The molecule has 0 radical (unpaired) electrons. The van der Waals surface area contributed by atoms with Crippen LogP contribution in [0.2, 0.25) is 0 Å². The quantitative estimate of drug-likeness (QED) is 0.403. The second-order valence-corrected chi connectivity index (χ2v) is 2.88. The van der Waals surface area contributed by atoms with Gasteiger partial charge < -0.3 is 5.73 Å². The fourth-order valence-corrected chi connectivity index (χ4v) is 0.679. The van der Waals surface area contributed by atoms with E-state index in [-0.39, 0.29) is 0 Å². The molecule has 0 aromatic rings. The molecule has 0 bridgehead atoms. The van der Waals surface area contributed by atoms with Gasteiger partial charge in [0.25, 0.3) is 0 Å². The largest absolute Gasteiger partial charge is 0.387 e. The van der Waals surface area contributed by atoms with Gasteiger partial charge in [-0.2, -0.15) is 0 Å². The smallest absolute Gasteiger partial charge is 0.0965 e. The van der Waals surface area contributed by atoms with Gasteiger partial charge in [-0.05, 0) is 33.8 Å². The summed E-state index contributed by atoms with van der Waals surface area (Å²) in [5.74, 6) is 0.535. The summed E-state index contributed by atoms with van der Waals surface area (Å²) in [5.41, 5.74) is 7.22. The third kappa shape index (κ3) is 7.00. The van der Waals surface area contributed by atoms with Crippen molar-refractivity contribution in [3.63, 3.8) is 0 Å². The number of aliphatic imine (C=N–C) groups is 2. The molecule has 0 amide bonds. The van der Waals surface area contributed by atoms with Gasteiger partial charge in [-0.15, -0.1) is 0 Å². The third-order valence-electron chi connectivity index (χ3n) is 1.10. The lowest BCUT2D eigenvalue weighted by molar-refractivity contribution is 1.31. The van der Waals surface area contributed by atoms with Crippen molar-refractivity contribution in [3.05, 3.63) is 24.0 Å². The van der Waals surface area contributed by atoms with Crippen LogP contribution in [0, 0.1) is 0 Å². The van der Waals surface area contributed by atoms with Crippen LogP contribution in [-0.2, 0) is 0 Å². The minimum atomic E-state index is 0.535. The Hall–Kier alpha value is -1.38. The zero-order chi connectivity index (χ0) is 10.3. The van der Waals surface area contributed by atoms with Crippen LogP contribution < -0.4 is 5.73 Å². The number of nitrogens with zero attached hydrogens (tertiary/aromatic N) is 2. The van der Waals surface area contributed by atoms with E-state index in [4.69, 9.17) is 5.73 Å². The summed E-state index contributed by atoms with van der Waals surface area (Å²) < 4.78 is 0. The summed E-state index contributed by atoms with van der Waals surface area (Å²) in [7, 11) is 0. The lowest BCUT2D eigenvalue weighted by Crippen LogP contribution is -2.04. The molecule has 0 aliphatic heterocycles. The number of nitrogens with two attached hydrogens (primary N) is 1. The van der Waals surface area contributed by atoms with E-state index in [1.807, 2.05) is 32.9 Å². The van der Waals surface area contributed by atoms with Gasteiger partial charge in [0.05, 0.1) is 17.7 Å². The summed E-state index contributed by atoms with van der Waals surface area (Å²) in [5, 5.41) is 0. The average Bonchev–Trinajstić information content (AvgIpc) is 1.99. The van der Waals surface area contributed by atoms with Crippen molar-refractivity contribution in [2.75, 3.05) is 0 Å². The molecule has 13 heavy (non-hydrogen) atoms. The molecule has 0 unspecified atom stereocenters. The Morgan fingerprint density at radius 1 is 1.23 bits per heavy atom. The standard InChI is InChI=1S/C10H17N3/c1-5-6-10(13-9(4)11)7-12-8(2)3/h5-7H,1-4H3,(H2,11,13)/b6-5-,10-7-. The summed E-state index contributed by atoms with van der Waals surface area (Å²) in [4.78, 5) is 8.24. The Bertz CT molecular complexity index is 262. The van der Waals surface area contributed by atoms with Crippen LogP contribution in [0.3, 0.4) is 0 Å². The van der Waals surface area contributed by atoms with Crippen LogP contribution >= 0.6 is 0 Å². The summed E-state index contributed by atoms with van der Waals surface area (Å²) in [6.07, 6.45) is 5.47. The van der Waals surface area contributed by atoms with Crippen LogP contribution in [0.4, 0.5) is 0 Å². The number of amidine groups is 1. The fourth-order valence-electron chi connectivity index (χ4n) is 0.679. The lowest BCUT2D eigenvalue weighted by Gasteiger charge is -1.93. The van der Waals surface area contributed by atoms with Crippen molar-refractivity contribution in [3.8, 4) is 0 Å². The summed E-state index contributed by atoms with van der Waals surface area (Å²) in [6.45, 7) is 7.54. The molecule has 3 nitrogen and oxygen atoms in total. The highest BCUT2D eigenvalue weighted by Crippen LogP contribution is 1.99. The van der Waals surface area contributed by atoms with Gasteiger partial charge in [0.15, 0.2) is 0 Å². The van der Waals surface area contributed by atoms with Crippen molar-refractivity contribution >= 4 is 11.5 Å². The van der Waals surface area contributed by atoms with Crippen molar-refractivity contribution in [1.29, 1.82) is 0 Å². The van der Waals surface area contributed by atoms with Crippen molar-refractivity contribution in [2.45, 2.75) is 27.7 Å². The molecule has 3 heteroatoms. The molecule has 72 valence electrons. The van der Waals surface area contributed by atoms with E-state index in [1.54, 1.807) is 13.1 Å². The van der Waals surface area contributed by atoms with Crippen LogP contribution in [-0.4, -0.2) is 11.5 Å². The van der Waals surface area contributed by atoms with E-state index in [0.29, 0.717) is 5.84 Å². The van der Waals surface area contributed by atoms with E-state index < -0.39 is 0 Å². The molecule has 0 aliphatic carbocycles. The minimum absolute atomic E-state index is 0.535. The maximum Gasteiger partial charge on any atom is 0.0965 e. The van der Waals surface area contributed by atoms with Crippen molar-refractivity contribution in [1.82, 2.24) is 0 Å². The second kappa shape index (κ2) is 6.17. The molecular weight excluding hydrogens is 162 g/mol. The van der Waals surface area contributed by atoms with Crippen LogP contribution in [0.1, 0.15) is 27.7 Å². The van der Waals surface area contributed by atoms with E-state index in [2.05, 4.69) is 9.98 Å². The molecule has 2 N–H and O–H groups in total. The van der Waals surface area contributed by atoms with Crippen LogP contribution in [0.15, 0.2) is 34.0 Å². The predicted octanol–water partition coefficient (Wildman–Crippen LogP) is 2.26. The fraction of sp³-hybridized carbons (Fsp3) is 0.400. The maximum atomic E-state index is 5.46. The molecular formula is C10H17N3. The normalized spacial score (nSPS) is 13.5. The first-order chi connectivity index (χ1) is 6.06. The molecule has 0 aliphatic rings. The third-order valence-corrected chi connectivity index (χ3v) is 1.10. The Kier molecular flexibility index (Phi) is 5.52. The van der Waals surface area contributed by atoms with Gasteiger partial charge in [-0.25, -0.2) is 4.99 Å². The van der Waals surface area contributed by atoms with Crippen LogP contribution in [0.25, 0.3) is 0 Å². The Morgan fingerprint density at radius 2 is 1.85 bits per heavy atom. The number of rotatable bonds is 3. The van der Waals surface area contributed by atoms with Crippen molar-refractivity contribution < 1.29 is 0 Å². The van der Waals surface area contributed by atoms with E-state index in [0.717, 1.165) is 11.4 Å². The predicted molar refractivity (Wildman–Crippen MR) is 59.0 cm³/mol. The molecule has 0 saturated carbocycles. The van der Waals surface area contributed by atoms with Gasteiger partial charge in [0.2, 0.25) is 0 Å². The van der Waals surface area contributed by atoms with Crippen molar-refractivity contribution in [2.24, 2.45) is 15.7 Å². The highest BCUT2D eigenvalue weighted by atomic mass is 14.9. The van der Waals surface area contributed by atoms with Gasteiger partial charge in [-0.3, -0.25) is 4.99 Å². The first-order valence-corrected chi connectivity index (χ1v) is 4.21. The molecule has 0 saturated heterocycles. The maximum absolute atomic E-state index is 5.46. The monoisotopic (exact) mass is 179 g/mol. The highest BCUT2D eigenvalue weighted by molar-refractivity contribution is 5.80. The molecule has 0 fully saturated rings. The summed E-state index contributed by atoms with van der Waals surface area (Å²) in [6, 6.07) is 0. The molecule has 0 aromatic carbocycles. The zero-order valence-corrected chi connectivity index (χ0v) is 8.70. The van der Waals surface area contributed by atoms with Gasteiger partial charge in [0.1, 0.15) is 0 Å². The van der Waals surface area contributed by atoms with E-state index in [1.165, 1.54) is 0 Å². The molecule has 0 atom stereocenters. The van der Waals surface area contributed by atoms with Gasteiger partial charge in [-0.1, -0.05) is 6.08 Å². The number of hydrogen-bond acceptors (Lipinski definition) is 2.